The SMILES string of the molecule is CCCNCCC(=O)NCCc1ccc(Cl)cc1Cl. The summed E-state index contributed by atoms with van der Waals surface area (Å²) < 4.78 is 0. The maximum atomic E-state index is 11.5. The monoisotopic (exact) mass is 302 g/mol. The van der Waals surface area contributed by atoms with E-state index < -0.39 is 0 Å². The molecule has 1 rings (SSSR count). The third kappa shape index (κ3) is 6.81. The van der Waals surface area contributed by atoms with Crippen molar-refractivity contribution in [2.75, 3.05) is 19.6 Å². The fraction of sp³-hybridized carbons (Fsp3) is 0.500. The summed E-state index contributed by atoms with van der Waals surface area (Å²) in [4.78, 5) is 11.5. The molecule has 0 aliphatic carbocycles. The van der Waals surface area contributed by atoms with Crippen LogP contribution >= 0.6 is 23.2 Å². The Kier molecular flexibility index (Phi) is 7.87. The molecule has 106 valence electrons. The van der Waals surface area contributed by atoms with Crippen LogP contribution in [0.3, 0.4) is 0 Å². The van der Waals surface area contributed by atoms with Crippen molar-refractivity contribution < 1.29 is 4.79 Å². The lowest BCUT2D eigenvalue weighted by Crippen LogP contribution is -2.29. The van der Waals surface area contributed by atoms with Crippen LogP contribution in [0.15, 0.2) is 18.2 Å². The van der Waals surface area contributed by atoms with Gasteiger partial charge >= 0.3 is 0 Å². The molecule has 0 radical (unpaired) electrons. The van der Waals surface area contributed by atoms with E-state index >= 15 is 0 Å². The van der Waals surface area contributed by atoms with Gasteiger partial charge in [0.15, 0.2) is 0 Å². The van der Waals surface area contributed by atoms with Crippen LogP contribution in [0.2, 0.25) is 10.0 Å². The van der Waals surface area contributed by atoms with Crippen molar-refractivity contribution in [2.24, 2.45) is 0 Å². The Morgan fingerprint density at radius 3 is 2.68 bits per heavy atom. The smallest absolute Gasteiger partial charge is 0.221 e. The van der Waals surface area contributed by atoms with Gasteiger partial charge in [-0.1, -0.05) is 36.2 Å². The zero-order valence-corrected chi connectivity index (χ0v) is 12.7. The first-order chi connectivity index (χ1) is 9.13. The summed E-state index contributed by atoms with van der Waals surface area (Å²) >= 11 is 11.9. The van der Waals surface area contributed by atoms with Crippen LogP contribution in [0.5, 0.6) is 0 Å². The average molecular weight is 303 g/mol. The van der Waals surface area contributed by atoms with Crippen LogP contribution in [0.25, 0.3) is 0 Å². The summed E-state index contributed by atoms with van der Waals surface area (Å²) in [7, 11) is 0. The van der Waals surface area contributed by atoms with Gasteiger partial charge in [-0.2, -0.15) is 0 Å². The third-order valence-electron chi connectivity index (χ3n) is 2.69. The van der Waals surface area contributed by atoms with E-state index in [0.29, 0.717) is 29.4 Å². The lowest BCUT2D eigenvalue weighted by molar-refractivity contribution is -0.120. The van der Waals surface area contributed by atoms with E-state index in [1.807, 2.05) is 6.07 Å². The first-order valence-electron chi connectivity index (χ1n) is 6.54. The maximum Gasteiger partial charge on any atom is 0.221 e. The van der Waals surface area contributed by atoms with Crippen molar-refractivity contribution in [1.29, 1.82) is 0 Å². The summed E-state index contributed by atoms with van der Waals surface area (Å²) in [5, 5.41) is 7.34. The molecule has 0 atom stereocenters. The van der Waals surface area contributed by atoms with Gasteiger partial charge in [-0.25, -0.2) is 0 Å². The first-order valence-corrected chi connectivity index (χ1v) is 7.30. The van der Waals surface area contributed by atoms with E-state index in [1.54, 1.807) is 12.1 Å². The molecule has 1 amide bonds. The van der Waals surface area contributed by atoms with E-state index in [1.165, 1.54) is 0 Å². The van der Waals surface area contributed by atoms with Crippen LogP contribution < -0.4 is 10.6 Å². The summed E-state index contributed by atoms with van der Waals surface area (Å²) in [6.45, 7) is 4.37. The van der Waals surface area contributed by atoms with E-state index in [9.17, 15) is 4.79 Å². The molecule has 0 bridgehead atoms. The first kappa shape index (κ1) is 16.3. The summed E-state index contributed by atoms with van der Waals surface area (Å²) in [5.74, 6) is 0.0636. The Hall–Kier alpha value is -0.770. The molecule has 19 heavy (non-hydrogen) atoms. The highest BCUT2D eigenvalue weighted by molar-refractivity contribution is 6.35. The zero-order chi connectivity index (χ0) is 14.1. The van der Waals surface area contributed by atoms with Gasteiger partial charge in [0, 0.05) is 29.6 Å². The molecular weight excluding hydrogens is 283 g/mol. The molecule has 1 aromatic rings. The molecule has 0 aliphatic rings. The van der Waals surface area contributed by atoms with Gasteiger partial charge in [-0.05, 0) is 37.1 Å². The second-order valence-electron chi connectivity index (χ2n) is 4.34. The van der Waals surface area contributed by atoms with Gasteiger partial charge in [-0.15, -0.1) is 0 Å². The van der Waals surface area contributed by atoms with Gasteiger partial charge in [0.25, 0.3) is 0 Å². The number of benzene rings is 1. The number of carbonyl (C=O) groups excluding carboxylic acids is 1. The van der Waals surface area contributed by atoms with Gasteiger partial charge in [0.1, 0.15) is 0 Å². The number of rotatable bonds is 8. The molecule has 0 saturated heterocycles. The van der Waals surface area contributed by atoms with E-state index in [0.717, 1.165) is 25.1 Å². The molecular formula is C14H20Cl2N2O. The average Bonchev–Trinajstić information content (AvgIpc) is 2.37. The molecule has 2 N–H and O–H groups in total. The van der Waals surface area contributed by atoms with Crippen molar-refractivity contribution in [3.05, 3.63) is 33.8 Å². The van der Waals surface area contributed by atoms with Gasteiger partial charge in [0.2, 0.25) is 5.91 Å². The Bertz CT molecular complexity index is 410. The molecule has 0 heterocycles. The van der Waals surface area contributed by atoms with Crippen molar-refractivity contribution in [3.63, 3.8) is 0 Å². The highest BCUT2D eigenvalue weighted by Crippen LogP contribution is 2.20. The highest BCUT2D eigenvalue weighted by Gasteiger charge is 2.03. The maximum absolute atomic E-state index is 11.5. The number of hydrogen-bond donors (Lipinski definition) is 2. The lowest BCUT2D eigenvalue weighted by atomic mass is 10.1. The Morgan fingerprint density at radius 1 is 1.21 bits per heavy atom. The number of carbonyl (C=O) groups is 1. The third-order valence-corrected chi connectivity index (χ3v) is 3.27. The Morgan fingerprint density at radius 2 is 2.00 bits per heavy atom. The Balaban J connectivity index is 2.20. The van der Waals surface area contributed by atoms with Crippen LogP contribution in [0.4, 0.5) is 0 Å². The topological polar surface area (TPSA) is 41.1 Å². The molecule has 1 aromatic carbocycles. The number of amides is 1. The van der Waals surface area contributed by atoms with Gasteiger partial charge in [0.05, 0.1) is 0 Å². The van der Waals surface area contributed by atoms with E-state index in [4.69, 9.17) is 23.2 Å². The van der Waals surface area contributed by atoms with E-state index in [-0.39, 0.29) is 5.91 Å². The number of hydrogen-bond acceptors (Lipinski definition) is 2. The van der Waals surface area contributed by atoms with Crippen molar-refractivity contribution in [1.82, 2.24) is 10.6 Å². The lowest BCUT2D eigenvalue weighted by Gasteiger charge is -2.07. The largest absolute Gasteiger partial charge is 0.356 e. The van der Waals surface area contributed by atoms with Crippen LogP contribution in [0.1, 0.15) is 25.3 Å². The second-order valence-corrected chi connectivity index (χ2v) is 5.18. The minimum absolute atomic E-state index is 0.0636. The van der Waals surface area contributed by atoms with Crippen LogP contribution in [-0.2, 0) is 11.2 Å². The van der Waals surface area contributed by atoms with E-state index in [2.05, 4.69) is 17.6 Å². The zero-order valence-electron chi connectivity index (χ0n) is 11.1. The van der Waals surface area contributed by atoms with Crippen molar-refractivity contribution in [2.45, 2.75) is 26.2 Å². The normalized spacial score (nSPS) is 10.5. The molecule has 0 saturated carbocycles. The molecule has 0 fully saturated rings. The second kappa shape index (κ2) is 9.18. The van der Waals surface area contributed by atoms with Crippen molar-refractivity contribution >= 4 is 29.1 Å². The minimum atomic E-state index is 0.0636. The summed E-state index contributed by atoms with van der Waals surface area (Å²) in [5.41, 5.74) is 0.996. The predicted molar refractivity (Wildman–Crippen MR) is 81.0 cm³/mol. The number of nitrogens with one attached hydrogen (secondary N) is 2. The van der Waals surface area contributed by atoms with Crippen LogP contribution in [-0.4, -0.2) is 25.5 Å². The molecule has 0 aromatic heterocycles. The molecule has 0 spiro atoms. The quantitative estimate of drug-likeness (QED) is 0.725. The molecule has 3 nitrogen and oxygen atoms in total. The Labute approximate surface area is 124 Å². The molecule has 5 heteroatoms. The van der Waals surface area contributed by atoms with Gasteiger partial charge < -0.3 is 10.6 Å². The standard InChI is InChI=1S/C14H20Cl2N2O/c1-2-7-17-8-6-14(19)18-9-5-11-3-4-12(15)10-13(11)16/h3-4,10,17H,2,5-9H2,1H3,(H,18,19). The number of halogens is 2. The highest BCUT2D eigenvalue weighted by atomic mass is 35.5. The predicted octanol–water partition coefficient (Wildman–Crippen LogP) is 3.04. The van der Waals surface area contributed by atoms with Gasteiger partial charge in [-0.3, -0.25) is 4.79 Å². The fourth-order valence-corrected chi connectivity index (χ4v) is 2.16. The summed E-state index contributed by atoms with van der Waals surface area (Å²) in [6, 6.07) is 5.41. The van der Waals surface area contributed by atoms with Crippen LogP contribution in [0, 0.1) is 0 Å². The molecule has 0 aliphatic heterocycles. The fourth-order valence-electron chi connectivity index (χ4n) is 1.65. The van der Waals surface area contributed by atoms with Crippen molar-refractivity contribution in [3.8, 4) is 0 Å². The molecule has 0 unspecified atom stereocenters. The minimum Gasteiger partial charge on any atom is -0.356 e. The summed E-state index contributed by atoms with van der Waals surface area (Å²) in [6.07, 6.45) is 2.30.